The molecule has 0 saturated heterocycles. The van der Waals surface area contributed by atoms with E-state index in [1.165, 1.54) is 5.56 Å². The first-order chi connectivity index (χ1) is 9.11. The minimum absolute atomic E-state index is 0.0358. The number of carbonyl (C=O) groups is 1. The second kappa shape index (κ2) is 8.69. The van der Waals surface area contributed by atoms with Gasteiger partial charge in [0.1, 0.15) is 5.75 Å². The van der Waals surface area contributed by atoms with Crippen molar-refractivity contribution < 1.29 is 18.8 Å². The predicted octanol–water partition coefficient (Wildman–Crippen LogP) is 2.24. The Kier molecular flexibility index (Phi) is 7.18. The van der Waals surface area contributed by atoms with Crippen LogP contribution in [0, 0.1) is 0 Å². The summed E-state index contributed by atoms with van der Waals surface area (Å²) in [6.07, 6.45) is 1.64. The number of rotatable bonds is 9. The molecule has 0 aromatic heterocycles. The average Bonchev–Trinajstić information content (AvgIpc) is 2.42. The minimum Gasteiger partial charge on any atom is -0.494 e. The van der Waals surface area contributed by atoms with E-state index < -0.39 is 16.8 Å². The van der Waals surface area contributed by atoms with E-state index in [2.05, 4.69) is 6.92 Å². The summed E-state index contributed by atoms with van der Waals surface area (Å²) >= 11 is 0. The van der Waals surface area contributed by atoms with Crippen molar-refractivity contribution in [2.24, 2.45) is 0 Å². The van der Waals surface area contributed by atoms with Gasteiger partial charge in [0.25, 0.3) is 0 Å². The van der Waals surface area contributed by atoms with Crippen LogP contribution in [0.2, 0.25) is 0 Å². The summed E-state index contributed by atoms with van der Waals surface area (Å²) in [5.74, 6) is 0.620. The molecule has 0 fully saturated rings. The van der Waals surface area contributed by atoms with Crippen LogP contribution in [0.15, 0.2) is 24.3 Å². The van der Waals surface area contributed by atoms with Crippen LogP contribution in [-0.2, 0) is 22.0 Å². The molecule has 5 heteroatoms. The van der Waals surface area contributed by atoms with E-state index in [4.69, 9.17) is 9.84 Å². The number of aliphatic carboxylic acids is 1. The second-order valence-corrected chi connectivity index (χ2v) is 5.89. The monoisotopic (exact) mass is 284 g/mol. The fourth-order valence-corrected chi connectivity index (χ4v) is 2.58. The first-order valence-corrected chi connectivity index (χ1v) is 7.89. The first kappa shape index (κ1) is 15.7. The highest BCUT2D eigenvalue weighted by atomic mass is 32.2. The van der Waals surface area contributed by atoms with Crippen molar-refractivity contribution in [3.05, 3.63) is 29.8 Å². The van der Waals surface area contributed by atoms with Crippen LogP contribution in [-0.4, -0.2) is 33.4 Å². The third-order valence-electron chi connectivity index (χ3n) is 2.66. The van der Waals surface area contributed by atoms with Crippen LogP contribution in [0.3, 0.4) is 0 Å². The number of hydrogen-bond acceptors (Lipinski definition) is 3. The van der Waals surface area contributed by atoms with Crippen LogP contribution < -0.4 is 4.74 Å². The fourth-order valence-electron chi connectivity index (χ4n) is 1.53. The Morgan fingerprint density at radius 2 is 1.95 bits per heavy atom. The number of aryl methyl sites for hydroxylation is 1. The van der Waals surface area contributed by atoms with Crippen LogP contribution in [0.5, 0.6) is 5.75 Å². The van der Waals surface area contributed by atoms with Crippen molar-refractivity contribution in [1.29, 1.82) is 0 Å². The van der Waals surface area contributed by atoms with Crippen molar-refractivity contribution in [1.82, 2.24) is 0 Å². The van der Waals surface area contributed by atoms with Crippen molar-refractivity contribution in [2.75, 3.05) is 18.1 Å². The molecule has 1 N–H and O–H groups in total. The second-order valence-electron chi connectivity index (χ2n) is 4.19. The molecule has 106 valence electrons. The zero-order valence-electron chi connectivity index (χ0n) is 11.1. The van der Waals surface area contributed by atoms with Gasteiger partial charge in [-0.1, -0.05) is 19.1 Å². The molecule has 1 unspecified atom stereocenters. The molecule has 0 amide bonds. The predicted molar refractivity (Wildman–Crippen MR) is 76.1 cm³/mol. The molecular formula is C14H20O4S. The van der Waals surface area contributed by atoms with E-state index in [-0.39, 0.29) is 12.2 Å². The molecule has 1 rings (SSSR count). The summed E-state index contributed by atoms with van der Waals surface area (Å²) < 4.78 is 17.0. The maximum Gasteiger partial charge on any atom is 0.304 e. The van der Waals surface area contributed by atoms with Crippen LogP contribution in [0.4, 0.5) is 0 Å². The van der Waals surface area contributed by atoms with Gasteiger partial charge in [-0.2, -0.15) is 0 Å². The van der Waals surface area contributed by atoms with Gasteiger partial charge in [0, 0.05) is 22.3 Å². The molecule has 0 aliphatic heterocycles. The van der Waals surface area contributed by atoms with Gasteiger partial charge in [-0.3, -0.25) is 9.00 Å². The van der Waals surface area contributed by atoms with E-state index in [9.17, 15) is 9.00 Å². The summed E-state index contributed by atoms with van der Waals surface area (Å²) in [6, 6.07) is 7.92. The van der Waals surface area contributed by atoms with Crippen molar-refractivity contribution in [3.8, 4) is 5.75 Å². The molecule has 0 radical (unpaired) electrons. The first-order valence-electron chi connectivity index (χ1n) is 6.40. The molecule has 0 heterocycles. The minimum atomic E-state index is -1.06. The average molecular weight is 284 g/mol. The Bertz CT molecular complexity index is 414. The van der Waals surface area contributed by atoms with Gasteiger partial charge in [-0.05, 0) is 30.5 Å². The summed E-state index contributed by atoms with van der Waals surface area (Å²) in [7, 11) is -1.06. The normalized spacial score (nSPS) is 12.1. The van der Waals surface area contributed by atoms with Crippen LogP contribution >= 0.6 is 0 Å². The van der Waals surface area contributed by atoms with Gasteiger partial charge in [-0.15, -0.1) is 0 Å². The van der Waals surface area contributed by atoms with Gasteiger partial charge in [0.2, 0.25) is 0 Å². The molecule has 0 aliphatic carbocycles. The molecule has 0 bridgehead atoms. The summed E-state index contributed by atoms with van der Waals surface area (Å²) in [5, 5.41) is 8.47. The molecule has 4 nitrogen and oxygen atoms in total. The highest BCUT2D eigenvalue weighted by Crippen LogP contribution is 2.12. The third-order valence-corrected chi connectivity index (χ3v) is 4.06. The van der Waals surface area contributed by atoms with Crippen molar-refractivity contribution in [3.63, 3.8) is 0 Å². The van der Waals surface area contributed by atoms with E-state index in [0.717, 1.165) is 12.2 Å². The zero-order chi connectivity index (χ0) is 14.1. The SMILES string of the molecule is CCc1ccc(OCCCS(=O)CCC(=O)O)cc1. The number of benzene rings is 1. The van der Waals surface area contributed by atoms with E-state index in [1.54, 1.807) is 0 Å². The molecule has 0 spiro atoms. The van der Waals surface area contributed by atoms with Gasteiger partial charge in [-0.25, -0.2) is 0 Å². The summed E-state index contributed by atoms with van der Waals surface area (Å²) in [5.41, 5.74) is 1.27. The van der Waals surface area contributed by atoms with Gasteiger partial charge in [0.05, 0.1) is 13.0 Å². The quantitative estimate of drug-likeness (QED) is 0.706. The molecule has 1 aromatic carbocycles. The lowest BCUT2D eigenvalue weighted by Gasteiger charge is -2.06. The van der Waals surface area contributed by atoms with Gasteiger partial charge in [0.15, 0.2) is 0 Å². The molecule has 19 heavy (non-hydrogen) atoms. The van der Waals surface area contributed by atoms with E-state index >= 15 is 0 Å². The highest BCUT2D eigenvalue weighted by molar-refractivity contribution is 7.84. The summed E-state index contributed by atoms with van der Waals surface area (Å²) in [6.45, 7) is 2.60. The standard InChI is InChI=1S/C14H20O4S/c1-2-12-4-6-13(7-5-12)18-9-3-10-19(17)11-8-14(15)16/h4-7H,2-3,8-11H2,1H3,(H,15,16). The van der Waals surface area contributed by atoms with E-state index in [1.807, 2.05) is 24.3 Å². The van der Waals surface area contributed by atoms with Crippen molar-refractivity contribution in [2.45, 2.75) is 26.2 Å². The Hall–Kier alpha value is -1.36. The number of carboxylic acid groups (broad SMARTS) is 1. The highest BCUT2D eigenvalue weighted by Gasteiger charge is 2.04. The van der Waals surface area contributed by atoms with Crippen LogP contribution in [0.25, 0.3) is 0 Å². The Labute approximate surface area is 116 Å². The molecular weight excluding hydrogens is 264 g/mol. The lowest BCUT2D eigenvalue weighted by atomic mass is 10.2. The molecule has 1 aromatic rings. The maximum atomic E-state index is 11.4. The van der Waals surface area contributed by atoms with Crippen molar-refractivity contribution >= 4 is 16.8 Å². The fraction of sp³-hybridized carbons (Fsp3) is 0.500. The number of ether oxygens (including phenoxy) is 1. The van der Waals surface area contributed by atoms with Crippen LogP contribution in [0.1, 0.15) is 25.3 Å². The smallest absolute Gasteiger partial charge is 0.304 e. The zero-order valence-corrected chi connectivity index (χ0v) is 11.9. The molecule has 1 atom stereocenters. The maximum absolute atomic E-state index is 11.4. The van der Waals surface area contributed by atoms with Gasteiger partial charge >= 0.3 is 5.97 Å². The number of hydrogen-bond donors (Lipinski definition) is 1. The number of carboxylic acids is 1. The lowest BCUT2D eigenvalue weighted by Crippen LogP contribution is -2.10. The molecule has 0 aliphatic rings. The topological polar surface area (TPSA) is 63.6 Å². The summed E-state index contributed by atoms with van der Waals surface area (Å²) in [4.78, 5) is 10.3. The third kappa shape index (κ3) is 6.96. The Morgan fingerprint density at radius 1 is 1.26 bits per heavy atom. The van der Waals surface area contributed by atoms with E-state index in [0.29, 0.717) is 18.8 Å². The van der Waals surface area contributed by atoms with Gasteiger partial charge < -0.3 is 9.84 Å². The molecule has 0 saturated carbocycles. The lowest BCUT2D eigenvalue weighted by molar-refractivity contribution is -0.136. The Morgan fingerprint density at radius 3 is 2.53 bits per heavy atom. The largest absolute Gasteiger partial charge is 0.494 e. The Balaban J connectivity index is 2.16.